The summed E-state index contributed by atoms with van der Waals surface area (Å²) in [6, 6.07) is 10.8. The zero-order valence-corrected chi connectivity index (χ0v) is 9.07. The molecule has 0 aliphatic carbocycles. The third kappa shape index (κ3) is 2.20. The molecule has 2 nitrogen and oxygen atoms in total. The van der Waals surface area contributed by atoms with Crippen LogP contribution in [-0.2, 0) is 11.2 Å². The van der Waals surface area contributed by atoms with Crippen LogP contribution in [0.1, 0.15) is 25.3 Å². The van der Waals surface area contributed by atoms with E-state index in [0.717, 1.165) is 19.3 Å². The van der Waals surface area contributed by atoms with Gasteiger partial charge in [0.15, 0.2) is 0 Å². The van der Waals surface area contributed by atoms with E-state index >= 15 is 0 Å². The van der Waals surface area contributed by atoms with Gasteiger partial charge in [0.25, 0.3) is 0 Å². The van der Waals surface area contributed by atoms with Crippen LogP contribution in [0.2, 0.25) is 0 Å². The number of carbonyl (C=O) groups excluding carboxylic acids is 1. The second kappa shape index (κ2) is 4.47. The van der Waals surface area contributed by atoms with Crippen molar-refractivity contribution < 1.29 is 4.79 Å². The minimum atomic E-state index is 0.232. The average molecular weight is 203 g/mol. The van der Waals surface area contributed by atoms with Crippen molar-refractivity contribution in [2.75, 3.05) is 0 Å². The number of rotatable bonds is 4. The predicted molar refractivity (Wildman–Crippen MR) is 60.5 cm³/mol. The number of hydrogen-bond acceptors (Lipinski definition) is 1. The summed E-state index contributed by atoms with van der Waals surface area (Å²) in [5.74, 6) is 0.490. The lowest BCUT2D eigenvalue weighted by molar-refractivity contribution is -0.135. The van der Waals surface area contributed by atoms with E-state index in [1.165, 1.54) is 5.56 Å². The predicted octanol–water partition coefficient (Wildman–Crippen LogP) is 2.14. The Balaban J connectivity index is 1.82. The summed E-state index contributed by atoms with van der Waals surface area (Å²) in [6.07, 6.45) is 3.09. The fourth-order valence-electron chi connectivity index (χ4n) is 2.19. The Bertz CT molecular complexity index is 334. The SMILES string of the molecule is CC[C@@H]1C(=O)N[C@@H]1CCc1ccccc1. The molecule has 0 spiro atoms. The van der Waals surface area contributed by atoms with Crippen molar-refractivity contribution in [2.24, 2.45) is 5.92 Å². The van der Waals surface area contributed by atoms with Gasteiger partial charge in [0, 0.05) is 6.04 Å². The molecule has 1 aromatic rings. The molecule has 1 amide bonds. The van der Waals surface area contributed by atoms with Crippen molar-refractivity contribution in [2.45, 2.75) is 32.2 Å². The second-order valence-corrected chi connectivity index (χ2v) is 4.15. The maximum absolute atomic E-state index is 11.2. The fourth-order valence-corrected chi connectivity index (χ4v) is 2.19. The van der Waals surface area contributed by atoms with Crippen molar-refractivity contribution in [1.82, 2.24) is 5.32 Å². The molecule has 80 valence electrons. The third-order valence-corrected chi connectivity index (χ3v) is 3.18. The molecular weight excluding hydrogens is 186 g/mol. The number of nitrogens with one attached hydrogen (secondary N) is 1. The molecule has 0 unspecified atom stereocenters. The summed E-state index contributed by atoms with van der Waals surface area (Å²) in [4.78, 5) is 11.2. The molecular formula is C13H17NO. The van der Waals surface area contributed by atoms with Crippen LogP contribution in [0.25, 0.3) is 0 Å². The Hall–Kier alpha value is -1.31. The lowest BCUT2D eigenvalue weighted by Crippen LogP contribution is -2.57. The maximum Gasteiger partial charge on any atom is 0.225 e. The van der Waals surface area contributed by atoms with Gasteiger partial charge in [0.05, 0.1) is 5.92 Å². The summed E-state index contributed by atoms with van der Waals surface area (Å²) >= 11 is 0. The van der Waals surface area contributed by atoms with Crippen LogP contribution in [0.5, 0.6) is 0 Å². The van der Waals surface area contributed by atoms with Crippen LogP contribution in [-0.4, -0.2) is 11.9 Å². The Labute approximate surface area is 90.7 Å². The van der Waals surface area contributed by atoms with Gasteiger partial charge < -0.3 is 5.32 Å². The second-order valence-electron chi connectivity index (χ2n) is 4.15. The van der Waals surface area contributed by atoms with Gasteiger partial charge in [-0.3, -0.25) is 4.79 Å². The summed E-state index contributed by atoms with van der Waals surface area (Å²) in [7, 11) is 0. The highest BCUT2D eigenvalue weighted by Gasteiger charge is 2.36. The number of hydrogen-bond donors (Lipinski definition) is 1. The van der Waals surface area contributed by atoms with E-state index in [1.807, 2.05) is 6.07 Å². The Morgan fingerprint density at radius 1 is 1.27 bits per heavy atom. The molecule has 15 heavy (non-hydrogen) atoms. The third-order valence-electron chi connectivity index (χ3n) is 3.18. The van der Waals surface area contributed by atoms with Crippen molar-refractivity contribution in [3.63, 3.8) is 0 Å². The molecule has 1 saturated heterocycles. The van der Waals surface area contributed by atoms with Crippen LogP contribution in [0, 0.1) is 5.92 Å². The Morgan fingerprint density at radius 3 is 2.60 bits per heavy atom. The van der Waals surface area contributed by atoms with Crippen molar-refractivity contribution >= 4 is 5.91 Å². The number of benzene rings is 1. The first-order chi connectivity index (χ1) is 7.31. The van der Waals surface area contributed by atoms with E-state index in [-0.39, 0.29) is 11.8 Å². The van der Waals surface area contributed by atoms with Gasteiger partial charge in [-0.15, -0.1) is 0 Å². The topological polar surface area (TPSA) is 29.1 Å². The molecule has 1 heterocycles. The number of aryl methyl sites for hydroxylation is 1. The minimum Gasteiger partial charge on any atom is -0.352 e. The first-order valence-corrected chi connectivity index (χ1v) is 5.65. The van der Waals surface area contributed by atoms with Gasteiger partial charge in [-0.25, -0.2) is 0 Å². The summed E-state index contributed by atoms with van der Waals surface area (Å²) in [6.45, 7) is 2.08. The molecule has 0 saturated carbocycles. The Morgan fingerprint density at radius 2 is 2.00 bits per heavy atom. The first kappa shape index (κ1) is 10.2. The van der Waals surface area contributed by atoms with E-state index in [2.05, 4.69) is 36.5 Å². The molecule has 1 aromatic carbocycles. The Kier molecular flexibility index (Phi) is 3.05. The molecule has 0 radical (unpaired) electrons. The van der Waals surface area contributed by atoms with Gasteiger partial charge in [-0.1, -0.05) is 37.3 Å². The smallest absolute Gasteiger partial charge is 0.225 e. The largest absolute Gasteiger partial charge is 0.352 e. The van der Waals surface area contributed by atoms with Crippen molar-refractivity contribution in [1.29, 1.82) is 0 Å². The number of amides is 1. The van der Waals surface area contributed by atoms with Crippen LogP contribution in [0.3, 0.4) is 0 Å². The van der Waals surface area contributed by atoms with Gasteiger partial charge in [0.2, 0.25) is 5.91 Å². The summed E-state index contributed by atoms with van der Waals surface area (Å²) in [5, 5.41) is 2.98. The van der Waals surface area contributed by atoms with E-state index in [0.29, 0.717) is 6.04 Å². The highest BCUT2D eigenvalue weighted by Crippen LogP contribution is 2.22. The first-order valence-electron chi connectivity index (χ1n) is 5.65. The van der Waals surface area contributed by atoms with Crippen LogP contribution >= 0.6 is 0 Å². The molecule has 2 atom stereocenters. The maximum atomic E-state index is 11.2. The van der Waals surface area contributed by atoms with Crippen LogP contribution in [0.4, 0.5) is 0 Å². The van der Waals surface area contributed by atoms with E-state index in [1.54, 1.807) is 0 Å². The molecule has 2 rings (SSSR count). The highest BCUT2D eigenvalue weighted by molar-refractivity contribution is 5.85. The van der Waals surface area contributed by atoms with Gasteiger partial charge in [-0.05, 0) is 24.8 Å². The molecule has 2 heteroatoms. The van der Waals surface area contributed by atoms with E-state index in [9.17, 15) is 4.79 Å². The van der Waals surface area contributed by atoms with Crippen molar-refractivity contribution in [3.05, 3.63) is 35.9 Å². The lowest BCUT2D eigenvalue weighted by atomic mass is 9.84. The van der Waals surface area contributed by atoms with E-state index in [4.69, 9.17) is 0 Å². The van der Waals surface area contributed by atoms with Gasteiger partial charge >= 0.3 is 0 Å². The average Bonchev–Trinajstić information content (AvgIpc) is 2.26. The normalized spacial score (nSPS) is 24.5. The summed E-state index contributed by atoms with van der Waals surface area (Å²) < 4.78 is 0. The lowest BCUT2D eigenvalue weighted by Gasteiger charge is -2.36. The minimum absolute atomic E-state index is 0.232. The highest BCUT2D eigenvalue weighted by atomic mass is 16.2. The zero-order valence-electron chi connectivity index (χ0n) is 9.07. The van der Waals surface area contributed by atoms with Crippen LogP contribution in [0.15, 0.2) is 30.3 Å². The van der Waals surface area contributed by atoms with Gasteiger partial charge in [0.1, 0.15) is 0 Å². The fraction of sp³-hybridized carbons (Fsp3) is 0.462. The molecule has 1 fully saturated rings. The van der Waals surface area contributed by atoms with E-state index < -0.39 is 0 Å². The molecule has 1 N–H and O–H groups in total. The van der Waals surface area contributed by atoms with Crippen molar-refractivity contribution in [3.8, 4) is 0 Å². The quantitative estimate of drug-likeness (QED) is 0.746. The molecule has 0 aromatic heterocycles. The number of β-lactam (4-membered cyclic amide) rings is 1. The standard InChI is InChI=1S/C13H17NO/c1-2-11-12(14-13(11)15)9-8-10-6-4-3-5-7-10/h3-7,11-12H,2,8-9H2,1H3,(H,14,15)/t11-,12+/m0/s1. The molecule has 1 aliphatic rings. The monoisotopic (exact) mass is 203 g/mol. The number of carbonyl (C=O) groups is 1. The van der Waals surface area contributed by atoms with Crippen LogP contribution < -0.4 is 5.32 Å². The summed E-state index contributed by atoms with van der Waals surface area (Å²) in [5.41, 5.74) is 1.36. The zero-order chi connectivity index (χ0) is 10.7. The molecule has 1 aliphatic heterocycles. The molecule has 0 bridgehead atoms. The van der Waals surface area contributed by atoms with Gasteiger partial charge in [-0.2, -0.15) is 0 Å².